The van der Waals surface area contributed by atoms with Crippen molar-refractivity contribution >= 4 is 11.8 Å². The van der Waals surface area contributed by atoms with Crippen LogP contribution in [-0.4, -0.2) is 16.0 Å². The second-order valence-electron chi connectivity index (χ2n) is 7.18. The Morgan fingerprint density at radius 2 is 1.52 bits per heavy atom. The minimum Gasteiger partial charge on any atom is -0.350 e. The second-order valence-corrected chi connectivity index (χ2v) is 7.18. The van der Waals surface area contributed by atoms with Gasteiger partial charge in [-0.05, 0) is 38.8 Å². The molecule has 0 amide bonds. The number of nitrogens with one attached hydrogen (secondary N) is 1. The molecule has 3 rings (SSSR count). The van der Waals surface area contributed by atoms with E-state index in [0.717, 1.165) is 18.1 Å². The van der Waals surface area contributed by atoms with Crippen molar-refractivity contribution in [3.63, 3.8) is 0 Å². The van der Waals surface area contributed by atoms with E-state index >= 15 is 0 Å². The SMILES string of the molecule is Cc1cc(N(Cc2ccccc2)C(C)C)nc(NC(C)c2ccccc2)n1. The van der Waals surface area contributed by atoms with Gasteiger partial charge < -0.3 is 10.2 Å². The molecule has 1 atom stereocenters. The highest BCUT2D eigenvalue weighted by Gasteiger charge is 2.16. The molecular formula is C23H28N4. The van der Waals surface area contributed by atoms with Crippen molar-refractivity contribution in [1.29, 1.82) is 0 Å². The minimum absolute atomic E-state index is 0.141. The van der Waals surface area contributed by atoms with Gasteiger partial charge in [0, 0.05) is 24.3 Å². The average Bonchev–Trinajstić information content (AvgIpc) is 2.67. The first-order chi connectivity index (χ1) is 13.0. The summed E-state index contributed by atoms with van der Waals surface area (Å²) >= 11 is 0. The Morgan fingerprint density at radius 3 is 2.15 bits per heavy atom. The molecule has 4 nitrogen and oxygen atoms in total. The van der Waals surface area contributed by atoms with Crippen LogP contribution in [0, 0.1) is 6.92 Å². The van der Waals surface area contributed by atoms with Crippen LogP contribution in [0.2, 0.25) is 0 Å². The van der Waals surface area contributed by atoms with Crippen molar-refractivity contribution in [2.24, 2.45) is 0 Å². The molecule has 27 heavy (non-hydrogen) atoms. The van der Waals surface area contributed by atoms with Crippen molar-refractivity contribution < 1.29 is 0 Å². The van der Waals surface area contributed by atoms with Crippen molar-refractivity contribution in [1.82, 2.24) is 9.97 Å². The molecule has 0 aliphatic rings. The first-order valence-electron chi connectivity index (χ1n) is 9.50. The Labute approximate surface area is 162 Å². The Morgan fingerprint density at radius 1 is 0.889 bits per heavy atom. The highest BCUT2D eigenvalue weighted by molar-refractivity contribution is 5.47. The molecule has 0 aliphatic heterocycles. The van der Waals surface area contributed by atoms with E-state index in [1.165, 1.54) is 11.1 Å². The molecule has 140 valence electrons. The lowest BCUT2D eigenvalue weighted by Gasteiger charge is -2.29. The summed E-state index contributed by atoms with van der Waals surface area (Å²) in [6.07, 6.45) is 0. The fraction of sp³-hybridized carbons (Fsp3) is 0.304. The third kappa shape index (κ3) is 5.07. The maximum absolute atomic E-state index is 4.82. The lowest BCUT2D eigenvalue weighted by Crippen LogP contribution is -2.31. The van der Waals surface area contributed by atoms with Gasteiger partial charge in [-0.3, -0.25) is 0 Å². The first-order valence-corrected chi connectivity index (χ1v) is 9.50. The first kappa shape index (κ1) is 18.9. The summed E-state index contributed by atoms with van der Waals surface area (Å²) in [7, 11) is 0. The van der Waals surface area contributed by atoms with Crippen LogP contribution < -0.4 is 10.2 Å². The fourth-order valence-electron chi connectivity index (χ4n) is 3.09. The maximum atomic E-state index is 4.82. The lowest BCUT2D eigenvalue weighted by atomic mass is 10.1. The van der Waals surface area contributed by atoms with E-state index in [0.29, 0.717) is 12.0 Å². The Bertz CT molecular complexity index is 847. The zero-order valence-electron chi connectivity index (χ0n) is 16.6. The Balaban J connectivity index is 1.84. The molecule has 0 bridgehead atoms. The third-order valence-electron chi connectivity index (χ3n) is 4.60. The Hall–Kier alpha value is -2.88. The van der Waals surface area contributed by atoms with Crippen LogP contribution in [0.3, 0.4) is 0 Å². The van der Waals surface area contributed by atoms with Gasteiger partial charge in [-0.15, -0.1) is 0 Å². The molecule has 1 aromatic heterocycles. The van der Waals surface area contributed by atoms with E-state index in [1.54, 1.807) is 0 Å². The molecule has 0 radical (unpaired) electrons. The number of hydrogen-bond acceptors (Lipinski definition) is 4. The summed E-state index contributed by atoms with van der Waals surface area (Å²) in [4.78, 5) is 11.7. The van der Waals surface area contributed by atoms with Crippen LogP contribution in [-0.2, 0) is 6.54 Å². The van der Waals surface area contributed by atoms with Crippen molar-refractivity contribution in [3.8, 4) is 0 Å². The van der Waals surface area contributed by atoms with E-state index in [2.05, 4.69) is 90.6 Å². The number of anilines is 2. The zero-order chi connectivity index (χ0) is 19.2. The van der Waals surface area contributed by atoms with Crippen LogP contribution in [0.4, 0.5) is 11.8 Å². The maximum Gasteiger partial charge on any atom is 0.225 e. The predicted molar refractivity (Wildman–Crippen MR) is 113 cm³/mol. The number of nitrogens with zero attached hydrogens (tertiary/aromatic N) is 3. The van der Waals surface area contributed by atoms with E-state index < -0.39 is 0 Å². The topological polar surface area (TPSA) is 41.1 Å². The highest BCUT2D eigenvalue weighted by Crippen LogP contribution is 2.22. The molecule has 0 aliphatic carbocycles. The van der Waals surface area contributed by atoms with Crippen LogP contribution in [0.25, 0.3) is 0 Å². The summed E-state index contributed by atoms with van der Waals surface area (Å²) in [6, 6.07) is 23.4. The molecule has 3 aromatic rings. The molecule has 0 spiro atoms. The average molecular weight is 361 g/mol. The molecule has 1 heterocycles. The van der Waals surface area contributed by atoms with Gasteiger partial charge in [0.2, 0.25) is 5.95 Å². The number of rotatable bonds is 7. The molecule has 1 N–H and O–H groups in total. The van der Waals surface area contributed by atoms with Crippen LogP contribution in [0.1, 0.15) is 43.6 Å². The van der Waals surface area contributed by atoms with Crippen LogP contribution in [0.5, 0.6) is 0 Å². The van der Waals surface area contributed by atoms with Crippen LogP contribution >= 0.6 is 0 Å². The monoisotopic (exact) mass is 360 g/mol. The van der Waals surface area contributed by atoms with E-state index in [-0.39, 0.29) is 6.04 Å². The van der Waals surface area contributed by atoms with Crippen molar-refractivity contribution in [2.75, 3.05) is 10.2 Å². The van der Waals surface area contributed by atoms with Gasteiger partial charge >= 0.3 is 0 Å². The standard InChI is InChI=1S/C23H28N4/c1-17(2)27(16-20-11-7-5-8-12-20)22-15-18(3)24-23(26-22)25-19(4)21-13-9-6-10-14-21/h5-15,17,19H,16H2,1-4H3,(H,24,25,26). The summed E-state index contributed by atoms with van der Waals surface area (Å²) in [5.74, 6) is 1.61. The number of hydrogen-bond donors (Lipinski definition) is 1. The molecule has 2 aromatic carbocycles. The van der Waals surface area contributed by atoms with Gasteiger partial charge in [0.25, 0.3) is 0 Å². The fourth-order valence-corrected chi connectivity index (χ4v) is 3.09. The number of aryl methyl sites for hydroxylation is 1. The Kier molecular flexibility index (Phi) is 6.07. The molecular weight excluding hydrogens is 332 g/mol. The van der Waals surface area contributed by atoms with E-state index in [9.17, 15) is 0 Å². The highest BCUT2D eigenvalue weighted by atomic mass is 15.2. The van der Waals surface area contributed by atoms with Crippen molar-refractivity contribution in [3.05, 3.63) is 83.6 Å². The van der Waals surface area contributed by atoms with Gasteiger partial charge in [0.1, 0.15) is 5.82 Å². The number of benzene rings is 2. The lowest BCUT2D eigenvalue weighted by molar-refractivity contribution is 0.670. The molecule has 0 fully saturated rings. The quantitative estimate of drug-likeness (QED) is 0.615. The smallest absolute Gasteiger partial charge is 0.225 e. The van der Waals surface area contributed by atoms with Gasteiger partial charge in [0.05, 0.1) is 6.04 Å². The third-order valence-corrected chi connectivity index (χ3v) is 4.60. The normalized spacial score (nSPS) is 12.0. The summed E-state index contributed by atoms with van der Waals surface area (Å²) < 4.78 is 0. The molecule has 1 unspecified atom stereocenters. The summed E-state index contributed by atoms with van der Waals surface area (Å²) in [5, 5.41) is 3.45. The van der Waals surface area contributed by atoms with Gasteiger partial charge in [-0.2, -0.15) is 4.98 Å². The molecule has 0 saturated carbocycles. The number of aromatic nitrogens is 2. The summed E-state index contributed by atoms with van der Waals surface area (Å²) in [5.41, 5.74) is 3.45. The van der Waals surface area contributed by atoms with E-state index in [4.69, 9.17) is 4.98 Å². The van der Waals surface area contributed by atoms with Gasteiger partial charge in [-0.25, -0.2) is 4.98 Å². The van der Waals surface area contributed by atoms with E-state index in [1.807, 2.05) is 19.1 Å². The van der Waals surface area contributed by atoms with Gasteiger partial charge in [0.15, 0.2) is 0 Å². The van der Waals surface area contributed by atoms with Crippen molar-refractivity contribution in [2.45, 2.75) is 46.3 Å². The zero-order valence-corrected chi connectivity index (χ0v) is 16.6. The predicted octanol–water partition coefficient (Wildman–Crippen LogP) is 5.37. The molecule has 4 heteroatoms. The van der Waals surface area contributed by atoms with Gasteiger partial charge in [-0.1, -0.05) is 60.7 Å². The van der Waals surface area contributed by atoms with Crippen LogP contribution in [0.15, 0.2) is 66.7 Å². The summed E-state index contributed by atoms with van der Waals surface area (Å²) in [6.45, 7) is 9.36. The molecule has 0 saturated heterocycles. The minimum atomic E-state index is 0.141. The second kappa shape index (κ2) is 8.67. The largest absolute Gasteiger partial charge is 0.350 e.